The van der Waals surface area contributed by atoms with Crippen molar-refractivity contribution in [2.24, 2.45) is 0 Å². The molecule has 0 bridgehead atoms. The van der Waals surface area contributed by atoms with Gasteiger partial charge in [-0.05, 0) is 18.9 Å². The number of carbonyl (C=O) groups excluding carboxylic acids is 2. The van der Waals surface area contributed by atoms with Crippen molar-refractivity contribution in [2.45, 2.75) is 31.3 Å². The van der Waals surface area contributed by atoms with E-state index in [9.17, 15) is 9.59 Å². The molecule has 2 amide bonds. The van der Waals surface area contributed by atoms with Gasteiger partial charge in [-0.2, -0.15) is 0 Å². The van der Waals surface area contributed by atoms with Crippen LogP contribution < -0.4 is 5.32 Å². The zero-order valence-corrected chi connectivity index (χ0v) is 12.2. The van der Waals surface area contributed by atoms with Gasteiger partial charge in [0.1, 0.15) is 5.54 Å². The number of ether oxygens (including phenoxy) is 1. The van der Waals surface area contributed by atoms with Crippen LogP contribution in [0.25, 0.3) is 0 Å². The number of hydrogen-bond donors (Lipinski definition) is 1. The fourth-order valence-corrected chi connectivity index (χ4v) is 3.09. The molecular weight excluding hydrogens is 268 g/mol. The van der Waals surface area contributed by atoms with Crippen LogP contribution in [-0.4, -0.2) is 42.5 Å². The summed E-state index contributed by atoms with van der Waals surface area (Å²) in [6.45, 7) is 3.49. The predicted molar refractivity (Wildman–Crippen MR) is 77.5 cm³/mol. The Bertz CT molecular complexity index is 540. The molecule has 1 N–H and O–H groups in total. The summed E-state index contributed by atoms with van der Waals surface area (Å²) in [5.41, 5.74) is -0.189. The molecule has 0 aromatic heterocycles. The maximum Gasteiger partial charge on any atom is 0.253 e. The summed E-state index contributed by atoms with van der Waals surface area (Å²) in [7, 11) is 0. The number of benzene rings is 1. The van der Waals surface area contributed by atoms with Crippen molar-refractivity contribution in [1.82, 2.24) is 10.2 Å². The molecule has 2 fully saturated rings. The quantitative estimate of drug-likeness (QED) is 0.884. The minimum atomic E-state index is -1.00. The molecule has 112 valence electrons. The maximum atomic E-state index is 13.1. The van der Waals surface area contributed by atoms with Crippen LogP contribution >= 0.6 is 0 Å². The van der Waals surface area contributed by atoms with Gasteiger partial charge in [0, 0.05) is 19.6 Å². The number of nitrogens with one attached hydrogen (secondary N) is 1. The average molecular weight is 288 g/mol. The number of nitrogens with zero attached hydrogens (tertiary/aromatic N) is 1. The summed E-state index contributed by atoms with van der Waals surface area (Å²) in [5, 5.41) is 2.90. The largest absolute Gasteiger partial charge is 0.379 e. The molecule has 3 rings (SSSR count). The molecule has 0 spiro atoms. The lowest BCUT2D eigenvalue weighted by Gasteiger charge is -2.35. The first-order valence-corrected chi connectivity index (χ1v) is 7.36. The summed E-state index contributed by atoms with van der Waals surface area (Å²) >= 11 is 0. The van der Waals surface area contributed by atoms with Gasteiger partial charge in [-0.1, -0.05) is 30.3 Å². The van der Waals surface area contributed by atoms with E-state index in [0.29, 0.717) is 26.2 Å². The molecule has 2 saturated heterocycles. The molecule has 0 radical (unpaired) electrons. The molecule has 1 aromatic rings. The van der Waals surface area contributed by atoms with Crippen molar-refractivity contribution in [3.63, 3.8) is 0 Å². The standard InChI is InChI=1S/C16H20N2O3/c1-16(12-5-3-2-4-6-12)15(20)18(9-7-14(19)17-16)13-8-10-21-11-13/h2-6,13H,7-11H2,1H3,(H,17,19). The lowest BCUT2D eigenvalue weighted by atomic mass is 9.90. The van der Waals surface area contributed by atoms with Crippen LogP contribution in [0, 0.1) is 0 Å². The van der Waals surface area contributed by atoms with E-state index in [4.69, 9.17) is 4.74 Å². The molecular formula is C16H20N2O3. The first-order valence-electron chi connectivity index (χ1n) is 7.36. The Morgan fingerprint density at radius 3 is 2.71 bits per heavy atom. The Morgan fingerprint density at radius 2 is 2.05 bits per heavy atom. The fourth-order valence-electron chi connectivity index (χ4n) is 3.09. The first kappa shape index (κ1) is 14.1. The van der Waals surface area contributed by atoms with Crippen LogP contribution in [0.2, 0.25) is 0 Å². The molecule has 0 aliphatic carbocycles. The molecule has 0 saturated carbocycles. The molecule has 2 atom stereocenters. The van der Waals surface area contributed by atoms with Crippen molar-refractivity contribution in [3.05, 3.63) is 35.9 Å². The van der Waals surface area contributed by atoms with Crippen molar-refractivity contribution in [1.29, 1.82) is 0 Å². The Labute approximate surface area is 124 Å². The summed E-state index contributed by atoms with van der Waals surface area (Å²) in [6, 6.07) is 9.51. The van der Waals surface area contributed by atoms with Gasteiger partial charge in [0.25, 0.3) is 5.91 Å². The molecule has 5 heteroatoms. The Balaban J connectivity index is 1.97. The minimum absolute atomic E-state index is 0.0462. The molecule has 2 aliphatic heterocycles. The smallest absolute Gasteiger partial charge is 0.253 e. The first-order chi connectivity index (χ1) is 10.1. The second kappa shape index (κ2) is 5.48. The summed E-state index contributed by atoms with van der Waals surface area (Å²) in [4.78, 5) is 26.9. The molecule has 1 aromatic carbocycles. The highest BCUT2D eigenvalue weighted by molar-refractivity contribution is 5.94. The summed E-state index contributed by atoms with van der Waals surface area (Å²) in [5.74, 6) is -0.133. The molecule has 21 heavy (non-hydrogen) atoms. The van der Waals surface area contributed by atoms with Gasteiger partial charge in [0.05, 0.1) is 12.6 Å². The van der Waals surface area contributed by atoms with E-state index in [1.165, 1.54) is 0 Å². The summed E-state index contributed by atoms with van der Waals surface area (Å²) in [6.07, 6.45) is 1.18. The van der Waals surface area contributed by atoms with Crippen LogP contribution in [0.3, 0.4) is 0 Å². The van der Waals surface area contributed by atoms with Crippen LogP contribution in [0.1, 0.15) is 25.3 Å². The number of rotatable bonds is 2. The van der Waals surface area contributed by atoms with Gasteiger partial charge >= 0.3 is 0 Å². The van der Waals surface area contributed by atoms with Crippen molar-refractivity contribution in [3.8, 4) is 0 Å². The van der Waals surface area contributed by atoms with Crippen LogP contribution in [0.15, 0.2) is 30.3 Å². The van der Waals surface area contributed by atoms with Gasteiger partial charge in [0.15, 0.2) is 0 Å². The maximum absolute atomic E-state index is 13.1. The zero-order chi connectivity index (χ0) is 14.9. The van der Waals surface area contributed by atoms with E-state index in [0.717, 1.165) is 12.0 Å². The Kier molecular flexibility index (Phi) is 3.68. The zero-order valence-electron chi connectivity index (χ0n) is 12.2. The SMILES string of the molecule is CC1(c2ccccc2)NC(=O)CCN(C2CCOC2)C1=O. The van der Waals surface area contributed by atoms with Gasteiger partial charge < -0.3 is 15.0 Å². The third kappa shape index (κ3) is 2.53. The minimum Gasteiger partial charge on any atom is -0.379 e. The van der Waals surface area contributed by atoms with E-state index < -0.39 is 5.54 Å². The van der Waals surface area contributed by atoms with E-state index in [-0.39, 0.29) is 17.9 Å². The number of amides is 2. The molecule has 2 unspecified atom stereocenters. The molecule has 2 aliphatic rings. The fraction of sp³-hybridized carbons (Fsp3) is 0.500. The lowest BCUT2D eigenvalue weighted by Crippen LogP contribution is -2.54. The normalized spacial score (nSPS) is 30.1. The van der Waals surface area contributed by atoms with Crippen molar-refractivity contribution in [2.75, 3.05) is 19.8 Å². The topological polar surface area (TPSA) is 58.6 Å². The number of carbonyl (C=O) groups is 2. The van der Waals surface area contributed by atoms with E-state index in [1.54, 1.807) is 6.92 Å². The van der Waals surface area contributed by atoms with E-state index in [1.807, 2.05) is 35.2 Å². The second-order valence-corrected chi connectivity index (χ2v) is 5.81. The molecule has 5 nitrogen and oxygen atoms in total. The van der Waals surface area contributed by atoms with Crippen LogP contribution in [0.4, 0.5) is 0 Å². The van der Waals surface area contributed by atoms with Gasteiger partial charge in [0.2, 0.25) is 5.91 Å². The van der Waals surface area contributed by atoms with Crippen molar-refractivity contribution >= 4 is 11.8 Å². The highest BCUT2D eigenvalue weighted by Crippen LogP contribution is 2.28. The van der Waals surface area contributed by atoms with E-state index >= 15 is 0 Å². The lowest BCUT2D eigenvalue weighted by molar-refractivity contribution is -0.140. The second-order valence-electron chi connectivity index (χ2n) is 5.81. The van der Waals surface area contributed by atoms with Crippen LogP contribution in [-0.2, 0) is 19.9 Å². The third-order valence-electron chi connectivity index (χ3n) is 4.36. The van der Waals surface area contributed by atoms with Crippen LogP contribution in [0.5, 0.6) is 0 Å². The van der Waals surface area contributed by atoms with Gasteiger partial charge in [-0.15, -0.1) is 0 Å². The molecule has 2 heterocycles. The Morgan fingerprint density at radius 1 is 1.29 bits per heavy atom. The third-order valence-corrected chi connectivity index (χ3v) is 4.36. The summed E-state index contributed by atoms with van der Waals surface area (Å²) < 4.78 is 5.40. The highest BCUT2D eigenvalue weighted by Gasteiger charge is 2.44. The monoisotopic (exact) mass is 288 g/mol. The average Bonchev–Trinajstić information content (AvgIpc) is 2.98. The highest BCUT2D eigenvalue weighted by atomic mass is 16.5. The van der Waals surface area contributed by atoms with E-state index in [2.05, 4.69) is 5.32 Å². The van der Waals surface area contributed by atoms with Crippen molar-refractivity contribution < 1.29 is 14.3 Å². The Hall–Kier alpha value is -1.88. The number of hydrogen-bond acceptors (Lipinski definition) is 3. The van der Waals surface area contributed by atoms with Gasteiger partial charge in [-0.25, -0.2) is 0 Å². The van der Waals surface area contributed by atoms with Gasteiger partial charge in [-0.3, -0.25) is 9.59 Å². The predicted octanol–water partition coefficient (Wildman–Crippen LogP) is 1.04.